The van der Waals surface area contributed by atoms with Crippen LogP contribution in [0.3, 0.4) is 0 Å². The van der Waals surface area contributed by atoms with Crippen LogP contribution in [0.4, 0.5) is 0 Å². The fourth-order valence-electron chi connectivity index (χ4n) is 0.420. The monoisotopic (exact) mass is 117 g/mol. The van der Waals surface area contributed by atoms with Crippen LogP contribution in [0.2, 0.25) is 0 Å². The lowest BCUT2D eigenvalue weighted by Gasteiger charge is -1.90. The predicted molar refractivity (Wildman–Crippen MR) is 31.8 cm³/mol. The molecule has 1 heterocycles. The van der Waals surface area contributed by atoms with Crippen LogP contribution in [0.5, 0.6) is 0 Å². The Morgan fingerprint density at radius 1 is 1.86 bits per heavy atom. The van der Waals surface area contributed by atoms with Gasteiger partial charge < -0.3 is 4.74 Å². The summed E-state index contributed by atoms with van der Waals surface area (Å²) in [5, 5.41) is 0. The molecule has 2 nitrogen and oxygen atoms in total. The van der Waals surface area contributed by atoms with E-state index in [2.05, 4.69) is 4.99 Å². The van der Waals surface area contributed by atoms with Crippen molar-refractivity contribution >= 4 is 17.7 Å². The molecule has 0 unspecified atom stereocenters. The van der Waals surface area contributed by atoms with Crippen LogP contribution in [-0.2, 0) is 4.74 Å². The van der Waals surface area contributed by atoms with E-state index in [0.29, 0.717) is 0 Å². The molecule has 7 heavy (non-hydrogen) atoms. The van der Waals surface area contributed by atoms with E-state index in [1.165, 1.54) is 0 Å². The van der Waals surface area contributed by atoms with E-state index in [1.54, 1.807) is 18.9 Å². The van der Waals surface area contributed by atoms with Gasteiger partial charge in [-0.15, -0.1) is 11.8 Å². The maximum absolute atomic E-state index is 4.84. The molecular formula is C4H7NOS. The summed E-state index contributed by atoms with van der Waals surface area (Å²) < 4.78 is 4.84. The molecule has 1 aliphatic heterocycles. The average molecular weight is 117 g/mol. The minimum Gasteiger partial charge on any atom is -0.484 e. The lowest BCUT2D eigenvalue weighted by Crippen LogP contribution is -1.98. The number of rotatable bonds is 0. The summed E-state index contributed by atoms with van der Waals surface area (Å²) in [5.41, 5.74) is 0. The van der Waals surface area contributed by atoms with Crippen LogP contribution >= 0.6 is 11.8 Å². The van der Waals surface area contributed by atoms with Crippen molar-refractivity contribution in [3.63, 3.8) is 0 Å². The molecule has 0 aromatic rings. The molecule has 1 aliphatic rings. The minimum atomic E-state index is 0.878. The van der Waals surface area contributed by atoms with Crippen molar-refractivity contribution < 1.29 is 4.74 Å². The largest absolute Gasteiger partial charge is 0.484 e. The summed E-state index contributed by atoms with van der Waals surface area (Å²) in [6, 6.07) is 0. The zero-order valence-corrected chi connectivity index (χ0v) is 4.99. The summed E-state index contributed by atoms with van der Waals surface area (Å²) in [5.74, 6) is 2.71. The van der Waals surface area contributed by atoms with Crippen molar-refractivity contribution in [3.8, 4) is 0 Å². The molecule has 0 fully saturated rings. The third kappa shape index (κ3) is 1.09. The highest BCUT2D eigenvalue weighted by atomic mass is 32.2. The molecule has 0 atom stereocenters. The Hall–Kier alpha value is -0.180. The predicted octanol–water partition coefficient (Wildman–Crippen LogP) is 0.736. The van der Waals surface area contributed by atoms with Crippen molar-refractivity contribution in [3.05, 3.63) is 0 Å². The van der Waals surface area contributed by atoms with Crippen LogP contribution in [0, 0.1) is 0 Å². The summed E-state index contributed by atoms with van der Waals surface area (Å²) in [7, 11) is 1.66. The van der Waals surface area contributed by atoms with Gasteiger partial charge in [0.2, 0.25) is 0 Å². The van der Waals surface area contributed by atoms with E-state index in [-0.39, 0.29) is 0 Å². The minimum absolute atomic E-state index is 0.878. The van der Waals surface area contributed by atoms with E-state index in [1.807, 2.05) is 0 Å². The molecule has 0 radical (unpaired) electrons. The Morgan fingerprint density at radius 2 is 2.71 bits per heavy atom. The van der Waals surface area contributed by atoms with Gasteiger partial charge in [0.25, 0.3) is 0 Å². The van der Waals surface area contributed by atoms with Gasteiger partial charge in [0.1, 0.15) is 0 Å². The Kier molecular flexibility index (Phi) is 1.57. The zero-order valence-electron chi connectivity index (χ0n) is 4.18. The second kappa shape index (κ2) is 2.21. The smallest absolute Gasteiger partial charge is 0.194 e. The van der Waals surface area contributed by atoms with Crippen LogP contribution in [0.1, 0.15) is 0 Å². The molecule has 0 spiro atoms. The van der Waals surface area contributed by atoms with Gasteiger partial charge >= 0.3 is 0 Å². The number of hydrogen-bond donors (Lipinski definition) is 0. The number of hydrogen-bond acceptors (Lipinski definition) is 3. The normalized spacial score (nSPS) is 19.3. The third-order valence-corrected chi connectivity index (χ3v) is 1.56. The first-order valence-corrected chi connectivity index (χ1v) is 3.24. The zero-order chi connectivity index (χ0) is 5.11. The highest BCUT2D eigenvalue weighted by Gasteiger charge is 2.03. The number of ether oxygens (including phenoxy) is 1. The van der Waals surface area contributed by atoms with Gasteiger partial charge in [-0.1, -0.05) is 0 Å². The van der Waals surface area contributed by atoms with Gasteiger partial charge in [0.05, 0.1) is 18.7 Å². The number of nitrogens with zero attached hydrogens (tertiary/aromatic N) is 1. The van der Waals surface area contributed by atoms with Crippen molar-refractivity contribution in [2.75, 3.05) is 18.7 Å². The number of aliphatic imine (C=N–C) groups is 1. The molecule has 0 aliphatic carbocycles. The van der Waals surface area contributed by atoms with E-state index in [0.717, 1.165) is 17.5 Å². The maximum atomic E-state index is 4.84. The van der Waals surface area contributed by atoms with E-state index < -0.39 is 0 Å². The summed E-state index contributed by atoms with van der Waals surface area (Å²) in [4.78, 5) is 4.01. The molecule has 0 saturated carbocycles. The van der Waals surface area contributed by atoms with Crippen molar-refractivity contribution in [1.82, 2.24) is 0 Å². The standard InChI is InChI=1S/C4H7NOS/c1-6-4-2-7-3-5-4/h2-3H2,1H3. The van der Waals surface area contributed by atoms with E-state index >= 15 is 0 Å². The van der Waals surface area contributed by atoms with Crippen molar-refractivity contribution in [1.29, 1.82) is 0 Å². The molecule has 40 valence electrons. The van der Waals surface area contributed by atoms with Crippen molar-refractivity contribution in [2.24, 2.45) is 4.99 Å². The number of thioether (sulfide) groups is 1. The maximum Gasteiger partial charge on any atom is 0.194 e. The average Bonchev–Trinajstić information content (AvgIpc) is 2.14. The molecule has 0 amide bonds. The lowest BCUT2D eigenvalue weighted by atomic mass is 10.8. The lowest BCUT2D eigenvalue weighted by molar-refractivity contribution is 0.401. The Bertz CT molecular complexity index is 91.7. The van der Waals surface area contributed by atoms with Gasteiger partial charge in [-0.05, 0) is 0 Å². The highest BCUT2D eigenvalue weighted by molar-refractivity contribution is 8.00. The van der Waals surface area contributed by atoms with Gasteiger partial charge in [0, 0.05) is 0 Å². The quantitative estimate of drug-likeness (QED) is 0.466. The van der Waals surface area contributed by atoms with Crippen LogP contribution in [0.15, 0.2) is 4.99 Å². The number of methoxy groups -OCH3 is 1. The molecule has 0 aromatic heterocycles. The van der Waals surface area contributed by atoms with Crippen LogP contribution in [-0.4, -0.2) is 24.6 Å². The van der Waals surface area contributed by atoms with Gasteiger partial charge in [-0.25, -0.2) is 4.99 Å². The molecule has 0 aromatic carbocycles. The second-order valence-electron chi connectivity index (χ2n) is 1.23. The van der Waals surface area contributed by atoms with E-state index in [4.69, 9.17) is 4.74 Å². The second-order valence-corrected chi connectivity index (χ2v) is 2.19. The molecule has 0 N–H and O–H groups in total. The first kappa shape index (κ1) is 4.97. The van der Waals surface area contributed by atoms with Crippen LogP contribution < -0.4 is 0 Å². The Balaban J connectivity index is 2.36. The summed E-state index contributed by atoms with van der Waals surface area (Å²) in [6.45, 7) is 0. The fraction of sp³-hybridized carbons (Fsp3) is 0.750. The summed E-state index contributed by atoms with van der Waals surface area (Å²) in [6.07, 6.45) is 0. The van der Waals surface area contributed by atoms with Crippen LogP contribution in [0.25, 0.3) is 0 Å². The highest BCUT2D eigenvalue weighted by Crippen LogP contribution is 2.08. The van der Waals surface area contributed by atoms with Crippen molar-refractivity contribution in [2.45, 2.75) is 0 Å². The molecule has 3 heteroatoms. The van der Waals surface area contributed by atoms with E-state index in [9.17, 15) is 0 Å². The van der Waals surface area contributed by atoms with Gasteiger partial charge in [-0.2, -0.15) is 0 Å². The molecule has 1 rings (SSSR count). The molecule has 0 saturated heterocycles. The fourth-order valence-corrected chi connectivity index (χ4v) is 1.13. The molecule has 0 bridgehead atoms. The topological polar surface area (TPSA) is 21.6 Å². The first-order valence-electron chi connectivity index (χ1n) is 2.08. The van der Waals surface area contributed by atoms with Gasteiger partial charge in [0.15, 0.2) is 5.90 Å². The Morgan fingerprint density at radius 3 is 3.00 bits per heavy atom. The SMILES string of the molecule is COC1=NCSC1. The Labute approximate surface area is 47.0 Å². The van der Waals surface area contributed by atoms with Gasteiger partial charge in [-0.3, -0.25) is 0 Å². The summed E-state index contributed by atoms with van der Waals surface area (Å²) >= 11 is 1.78. The molecular weight excluding hydrogens is 110 g/mol. The first-order chi connectivity index (χ1) is 3.43. The third-order valence-electron chi connectivity index (χ3n) is 0.793.